The molecule has 1 aromatic heterocycles. The van der Waals surface area contributed by atoms with Crippen molar-refractivity contribution in [2.45, 2.75) is 45.2 Å². The highest BCUT2D eigenvalue weighted by molar-refractivity contribution is 5.73. The van der Waals surface area contributed by atoms with E-state index >= 15 is 0 Å². The minimum absolute atomic E-state index is 0.108. The number of amides is 2. The van der Waals surface area contributed by atoms with Crippen LogP contribution in [0.5, 0.6) is 0 Å². The van der Waals surface area contributed by atoms with Crippen LogP contribution < -0.4 is 10.6 Å². The van der Waals surface area contributed by atoms with Crippen molar-refractivity contribution in [2.75, 3.05) is 6.54 Å². The highest BCUT2D eigenvalue weighted by atomic mass is 16.2. The first-order chi connectivity index (χ1) is 12.3. The lowest BCUT2D eigenvalue weighted by Gasteiger charge is -2.13. The number of nitrogens with one attached hydrogen (secondary N) is 2. The molecule has 0 bridgehead atoms. The molecular weight excluding hydrogens is 314 g/mol. The third kappa shape index (κ3) is 5.74. The second-order valence-corrected chi connectivity index (χ2v) is 6.38. The molecule has 132 valence electrons. The van der Waals surface area contributed by atoms with Crippen LogP contribution in [0, 0.1) is 0 Å². The predicted molar refractivity (Wildman–Crippen MR) is 97.0 cm³/mol. The van der Waals surface area contributed by atoms with Crippen LogP contribution in [-0.2, 0) is 13.1 Å². The summed E-state index contributed by atoms with van der Waals surface area (Å²) in [5.41, 5.74) is 3.71. The molecular formula is C19H25N5O. The van der Waals surface area contributed by atoms with Gasteiger partial charge < -0.3 is 10.6 Å². The number of nitrogens with zero attached hydrogens (tertiary/aromatic N) is 3. The van der Waals surface area contributed by atoms with E-state index in [9.17, 15) is 4.79 Å². The number of carbonyl (C=O) groups is 1. The van der Waals surface area contributed by atoms with E-state index in [1.807, 2.05) is 24.3 Å². The van der Waals surface area contributed by atoms with Crippen molar-refractivity contribution < 1.29 is 4.79 Å². The third-order valence-electron chi connectivity index (χ3n) is 4.40. The number of allylic oxidation sites excluding steroid dienone is 1. The van der Waals surface area contributed by atoms with Crippen LogP contribution in [-0.4, -0.2) is 27.3 Å². The van der Waals surface area contributed by atoms with Crippen molar-refractivity contribution in [1.29, 1.82) is 0 Å². The molecule has 25 heavy (non-hydrogen) atoms. The summed E-state index contributed by atoms with van der Waals surface area (Å²) in [6.07, 6.45) is 11.5. The van der Waals surface area contributed by atoms with Crippen LogP contribution in [0.1, 0.15) is 43.2 Å². The smallest absolute Gasteiger partial charge is 0.315 e. The van der Waals surface area contributed by atoms with Crippen molar-refractivity contribution in [3.63, 3.8) is 0 Å². The molecule has 6 heteroatoms. The Kier molecular flexibility index (Phi) is 6.20. The lowest BCUT2D eigenvalue weighted by molar-refractivity contribution is 0.240. The maximum atomic E-state index is 11.9. The van der Waals surface area contributed by atoms with Crippen molar-refractivity contribution in [2.24, 2.45) is 0 Å². The molecule has 2 N–H and O–H groups in total. The van der Waals surface area contributed by atoms with E-state index in [1.54, 1.807) is 11.0 Å². The van der Waals surface area contributed by atoms with E-state index < -0.39 is 0 Å². The molecule has 2 aromatic rings. The van der Waals surface area contributed by atoms with E-state index in [-0.39, 0.29) is 6.03 Å². The van der Waals surface area contributed by atoms with Gasteiger partial charge in [-0.1, -0.05) is 35.9 Å². The molecule has 1 aliphatic carbocycles. The van der Waals surface area contributed by atoms with Crippen LogP contribution in [0.3, 0.4) is 0 Å². The second-order valence-electron chi connectivity index (χ2n) is 6.38. The molecule has 1 aliphatic rings. The van der Waals surface area contributed by atoms with Gasteiger partial charge in [0.1, 0.15) is 12.7 Å². The topological polar surface area (TPSA) is 71.8 Å². The molecule has 0 atom stereocenters. The fraction of sp³-hybridized carbons (Fsp3) is 0.421. The van der Waals surface area contributed by atoms with Gasteiger partial charge in [0, 0.05) is 13.1 Å². The average Bonchev–Trinajstić information content (AvgIpc) is 3.15. The highest BCUT2D eigenvalue weighted by Crippen LogP contribution is 2.19. The van der Waals surface area contributed by atoms with Crippen LogP contribution >= 0.6 is 0 Å². The quantitative estimate of drug-likeness (QED) is 0.762. The standard InChI is InChI=1S/C19H25N5O/c25-19(21-11-10-16-4-2-1-3-5-16)22-12-17-6-8-18(9-7-17)13-24-15-20-14-23-24/h4,6-9,14-15H,1-3,5,10-13H2,(H2,21,22,25). The summed E-state index contributed by atoms with van der Waals surface area (Å²) in [6.45, 7) is 1.93. The molecule has 0 unspecified atom stereocenters. The second kappa shape index (κ2) is 9.01. The highest BCUT2D eigenvalue weighted by Gasteiger charge is 2.05. The lowest BCUT2D eigenvalue weighted by Crippen LogP contribution is -2.35. The summed E-state index contributed by atoms with van der Waals surface area (Å²) < 4.78 is 1.78. The van der Waals surface area contributed by atoms with Crippen molar-refractivity contribution in [3.05, 3.63) is 59.7 Å². The Labute approximate surface area is 148 Å². The molecule has 0 saturated carbocycles. The lowest BCUT2D eigenvalue weighted by atomic mass is 9.97. The van der Waals surface area contributed by atoms with E-state index in [4.69, 9.17) is 0 Å². The zero-order chi connectivity index (χ0) is 17.3. The number of aromatic nitrogens is 3. The zero-order valence-electron chi connectivity index (χ0n) is 14.4. The van der Waals surface area contributed by atoms with Crippen molar-refractivity contribution in [3.8, 4) is 0 Å². The Hall–Kier alpha value is -2.63. The van der Waals surface area contributed by atoms with Gasteiger partial charge in [0.25, 0.3) is 0 Å². The van der Waals surface area contributed by atoms with E-state index in [1.165, 1.54) is 37.6 Å². The first kappa shape index (κ1) is 17.2. The Morgan fingerprint density at radius 3 is 2.68 bits per heavy atom. The van der Waals surface area contributed by atoms with Gasteiger partial charge in [-0.15, -0.1) is 0 Å². The molecule has 6 nitrogen and oxygen atoms in total. The molecule has 0 fully saturated rings. The van der Waals surface area contributed by atoms with Crippen LogP contribution in [0.4, 0.5) is 4.79 Å². The van der Waals surface area contributed by atoms with Crippen LogP contribution in [0.25, 0.3) is 0 Å². The fourth-order valence-corrected chi connectivity index (χ4v) is 2.98. The number of urea groups is 1. The Morgan fingerprint density at radius 1 is 1.12 bits per heavy atom. The minimum Gasteiger partial charge on any atom is -0.338 e. The molecule has 2 amide bonds. The molecule has 1 aromatic carbocycles. The molecule has 3 rings (SSSR count). The minimum atomic E-state index is -0.108. The monoisotopic (exact) mass is 339 g/mol. The first-order valence-electron chi connectivity index (χ1n) is 8.89. The van der Waals surface area contributed by atoms with E-state index in [0.717, 1.165) is 17.5 Å². The van der Waals surface area contributed by atoms with Gasteiger partial charge in [0.15, 0.2) is 0 Å². The number of hydrogen-bond acceptors (Lipinski definition) is 3. The van der Waals surface area contributed by atoms with Crippen LogP contribution in [0.2, 0.25) is 0 Å². The predicted octanol–water partition coefficient (Wildman–Crippen LogP) is 3.02. The SMILES string of the molecule is O=C(NCCC1=CCCCC1)NCc1ccc(Cn2cncn2)cc1. The number of hydrogen-bond donors (Lipinski definition) is 2. The first-order valence-corrected chi connectivity index (χ1v) is 8.89. The summed E-state index contributed by atoms with van der Waals surface area (Å²) >= 11 is 0. The van der Waals surface area contributed by atoms with Gasteiger partial charge in [0.05, 0.1) is 6.54 Å². The maximum Gasteiger partial charge on any atom is 0.315 e. The molecule has 0 saturated heterocycles. The summed E-state index contributed by atoms with van der Waals surface area (Å²) in [4.78, 5) is 15.8. The number of rotatable bonds is 7. The van der Waals surface area contributed by atoms with Gasteiger partial charge in [-0.3, -0.25) is 0 Å². The fourth-order valence-electron chi connectivity index (χ4n) is 2.98. The van der Waals surface area contributed by atoms with Crippen LogP contribution in [0.15, 0.2) is 48.6 Å². The summed E-state index contributed by atoms with van der Waals surface area (Å²) in [5, 5.41) is 9.93. The molecule has 0 spiro atoms. The average molecular weight is 339 g/mol. The Balaban J connectivity index is 1.36. The van der Waals surface area contributed by atoms with Gasteiger partial charge in [-0.25, -0.2) is 14.5 Å². The normalized spacial score (nSPS) is 14.0. The van der Waals surface area contributed by atoms with Crippen molar-refractivity contribution >= 4 is 6.03 Å². The molecule has 1 heterocycles. The maximum absolute atomic E-state index is 11.9. The van der Waals surface area contributed by atoms with Gasteiger partial charge in [-0.05, 0) is 43.2 Å². The Morgan fingerprint density at radius 2 is 1.96 bits per heavy atom. The van der Waals surface area contributed by atoms with E-state index in [0.29, 0.717) is 19.6 Å². The third-order valence-corrected chi connectivity index (χ3v) is 4.40. The summed E-state index contributed by atoms with van der Waals surface area (Å²) in [7, 11) is 0. The number of carbonyl (C=O) groups excluding carboxylic acids is 1. The largest absolute Gasteiger partial charge is 0.338 e. The molecule has 0 aliphatic heterocycles. The van der Waals surface area contributed by atoms with Gasteiger partial charge >= 0.3 is 6.03 Å². The number of benzene rings is 1. The summed E-state index contributed by atoms with van der Waals surface area (Å²) in [5.74, 6) is 0. The Bertz CT molecular complexity index is 691. The zero-order valence-corrected chi connectivity index (χ0v) is 14.4. The van der Waals surface area contributed by atoms with Gasteiger partial charge in [0.2, 0.25) is 0 Å². The van der Waals surface area contributed by atoms with E-state index in [2.05, 4.69) is 26.8 Å². The van der Waals surface area contributed by atoms with Gasteiger partial charge in [-0.2, -0.15) is 5.10 Å². The molecule has 0 radical (unpaired) electrons. The summed E-state index contributed by atoms with van der Waals surface area (Å²) in [6, 6.07) is 8.04. The van der Waals surface area contributed by atoms with Crippen molar-refractivity contribution in [1.82, 2.24) is 25.4 Å².